The fraction of sp³-hybridized carbons (Fsp3) is 0.400. The molecule has 0 saturated carbocycles. The zero-order chi connectivity index (χ0) is 30.5. The third kappa shape index (κ3) is 10.7. The summed E-state index contributed by atoms with van der Waals surface area (Å²) in [4.78, 5) is 0. The van der Waals surface area contributed by atoms with Crippen LogP contribution in [0, 0.1) is 17.9 Å². The van der Waals surface area contributed by atoms with E-state index in [4.69, 9.17) is 0 Å². The Bertz CT molecular complexity index is 1470. The molecule has 230 valence electrons. The second-order valence-electron chi connectivity index (χ2n) is 13.8. The van der Waals surface area contributed by atoms with E-state index in [1.54, 1.807) is 3.21 Å². The van der Waals surface area contributed by atoms with Gasteiger partial charge in [0.1, 0.15) is 0 Å². The van der Waals surface area contributed by atoms with Crippen molar-refractivity contribution in [3.05, 3.63) is 113 Å². The summed E-state index contributed by atoms with van der Waals surface area (Å²) in [6, 6.07) is 26.7. The van der Waals surface area contributed by atoms with Gasteiger partial charge in [0, 0.05) is 0 Å². The van der Waals surface area contributed by atoms with E-state index < -0.39 is 0 Å². The second-order valence-corrected chi connectivity index (χ2v) is 15.3. The van der Waals surface area contributed by atoms with Gasteiger partial charge in [-0.15, -0.1) is 39.7 Å². The van der Waals surface area contributed by atoms with Crippen LogP contribution in [-0.2, 0) is 35.1 Å². The van der Waals surface area contributed by atoms with Gasteiger partial charge >= 0.3 is 76.7 Å². The number of hydrogen-bond acceptors (Lipinski definition) is 0. The van der Waals surface area contributed by atoms with Gasteiger partial charge < -0.3 is 24.8 Å². The van der Waals surface area contributed by atoms with Crippen LogP contribution in [0.5, 0.6) is 0 Å². The summed E-state index contributed by atoms with van der Waals surface area (Å²) in [7, 11) is 0. The van der Waals surface area contributed by atoms with E-state index in [9.17, 15) is 0 Å². The third-order valence-corrected chi connectivity index (χ3v) is 9.42. The van der Waals surface area contributed by atoms with Crippen molar-refractivity contribution in [2.75, 3.05) is 0 Å². The van der Waals surface area contributed by atoms with Gasteiger partial charge in [-0.2, -0.15) is 11.6 Å². The van der Waals surface area contributed by atoms with E-state index >= 15 is 0 Å². The Balaban J connectivity index is 0.000000355. The van der Waals surface area contributed by atoms with Gasteiger partial charge in [0.25, 0.3) is 0 Å². The van der Waals surface area contributed by atoms with Gasteiger partial charge in [0.15, 0.2) is 0 Å². The van der Waals surface area contributed by atoms with Crippen molar-refractivity contribution < 1.29 is 49.0 Å². The molecule has 1 aliphatic carbocycles. The minimum absolute atomic E-state index is 0. The van der Waals surface area contributed by atoms with Crippen molar-refractivity contribution in [2.45, 2.75) is 93.4 Å². The fourth-order valence-electron chi connectivity index (χ4n) is 5.26. The molecule has 43 heavy (non-hydrogen) atoms. The van der Waals surface area contributed by atoms with Crippen LogP contribution in [0.2, 0.25) is 0 Å². The SMILES string of the molecule is CC(C)(C)c1ccc2[cH-]c3ccc(C(C)(C)C)cc3c2c1.CC1=[C-]C(C)C=C1C(C)C.CC[C](=[Zr+2])c1ccccc1.[Cl-].[Cl-]. The molecule has 0 amide bonds. The summed E-state index contributed by atoms with van der Waals surface area (Å²) < 4.78 is 1.55. The van der Waals surface area contributed by atoms with Crippen molar-refractivity contribution >= 4 is 24.8 Å². The van der Waals surface area contributed by atoms with Crippen LogP contribution in [0.1, 0.15) is 99.3 Å². The van der Waals surface area contributed by atoms with Crippen molar-refractivity contribution in [3.63, 3.8) is 0 Å². The molecule has 0 heterocycles. The zero-order valence-electron chi connectivity index (χ0n) is 28.1. The molecule has 0 aliphatic heterocycles. The van der Waals surface area contributed by atoms with E-state index in [-0.39, 0.29) is 35.6 Å². The number of rotatable bonds is 3. The van der Waals surface area contributed by atoms with E-state index in [1.165, 1.54) is 80.0 Å². The Morgan fingerprint density at radius 1 is 0.814 bits per heavy atom. The van der Waals surface area contributed by atoms with Crippen LogP contribution in [-0.4, -0.2) is 3.21 Å². The van der Waals surface area contributed by atoms with Crippen molar-refractivity contribution in [1.29, 1.82) is 0 Å². The Kier molecular flexibility index (Phi) is 15.2. The molecule has 0 fully saturated rings. The first kappa shape index (κ1) is 39.4. The molecule has 0 bridgehead atoms. The van der Waals surface area contributed by atoms with Crippen molar-refractivity contribution in [3.8, 4) is 0 Å². The van der Waals surface area contributed by atoms with Crippen LogP contribution in [0.15, 0.2) is 90.0 Å². The van der Waals surface area contributed by atoms with Gasteiger partial charge in [-0.1, -0.05) is 116 Å². The molecule has 1 unspecified atom stereocenters. The van der Waals surface area contributed by atoms with E-state index in [1.807, 2.05) is 0 Å². The van der Waals surface area contributed by atoms with Gasteiger partial charge in [-0.05, 0) is 10.8 Å². The monoisotopic (exact) mass is 690 g/mol. The average Bonchev–Trinajstić information content (AvgIpc) is 3.46. The number of fused-ring (bicyclic) bond motifs is 3. The minimum atomic E-state index is 0. The van der Waals surface area contributed by atoms with Gasteiger partial charge in [0.2, 0.25) is 0 Å². The normalized spacial score (nSPS) is 14.5. The molecule has 0 saturated heterocycles. The van der Waals surface area contributed by atoms with E-state index in [0.717, 1.165) is 0 Å². The number of benzene rings is 3. The van der Waals surface area contributed by atoms with Crippen LogP contribution < -0.4 is 24.8 Å². The number of allylic oxidation sites excluding steroid dienone is 4. The molecule has 0 N–H and O–H groups in total. The minimum Gasteiger partial charge on any atom is -1.00 e. The standard InChI is InChI=1S/C21H25.C10H15.C9H10.2ClH.Zr/c1-20(2,3)16-9-7-14-11-15-8-10-17(21(4,5)6)13-19(15)18(14)12-16;1-7(2)10-6-8(3)5-9(10)4;1-2-6-9-7-4-3-5-8-9;;;/h7-13H,1-6H3;6-8H,1-4H3;3-5,7-8H,2H2,1H3;2*1H;/q2*-1;;;;+2/p-2. The van der Waals surface area contributed by atoms with Gasteiger partial charge in [0.05, 0.1) is 0 Å². The maximum atomic E-state index is 3.37. The van der Waals surface area contributed by atoms with Gasteiger partial charge in [-0.25, -0.2) is 5.57 Å². The fourth-order valence-corrected chi connectivity index (χ4v) is 5.67. The summed E-state index contributed by atoms with van der Waals surface area (Å²) in [5.41, 5.74) is 7.43. The smallest absolute Gasteiger partial charge is 1.00 e. The molecule has 0 aromatic heterocycles. The average molecular weight is 693 g/mol. The Hall–Kier alpha value is -1.66. The van der Waals surface area contributed by atoms with Crippen molar-refractivity contribution in [1.82, 2.24) is 0 Å². The van der Waals surface area contributed by atoms with Crippen molar-refractivity contribution in [2.24, 2.45) is 11.8 Å². The predicted molar refractivity (Wildman–Crippen MR) is 180 cm³/mol. The third-order valence-electron chi connectivity index (χ3n) is 7.84. The number of hydrogen-bond donors (Lipinski definition) is 0. The Labute approximate surface area is 290 Å². The molecular weight excluding hydrogens is 643 g/mol. The molecular formula is C40H50Cl2Zr-2. The molecule has 0 spiro atoms. The van der Waals surface area contributed by atoms with E-state index in [2.05, 4.69) is 161 Å². The molecule has 0 nitrogen and oxygen atoms in total. The largest absolute Gasteiger partial charge is 1.00 e. The summed E-state index contributed by atoms with van der Waals surface area (Å²) in [6.07, 6.45) is 6.86. The molecule has 1 atom stereocenters. The maximum absolute atomic E-state index is 3.37. The predicted octanol–water partition coefficient (Wildman–Crippen LogP) is 5.45. The molecule has 4 aromatic carbocycles. The van der Waals surface area contributed by atoms with Crippen LogP contribution in [0.4, 0.5) is 0 Å². The molecule has 5 rings (SSSR count). The first-order valence-electron chi connectivity index (χ1n) is 15.2. The Morgan fingerprint density at radius 2 is 1.28 bits per heavy atom. The second kappa shape index (κ2) is 16.6. The first-order valence-corrected chi connectivity index (χ1v) is 16.4. The zero-order valence-corrected chi connectivity index (χ0v) is 32.1. The summed E-state index contributed by atoms with van der Waals surface area (Å²) in [5.74, 6) is 1.20. The first-order chi connectivity index (χ1) is 19.1. The van der Waals surface area contributed by atoms with Crippen LogP contribution in [0.3, 0.4) is 0 Å². The molecule has 4 aromatic rings. The summed E-state index contributed by atoms with van der Waals surface area (Å²) >= 11 is 1.54. The summed E-state index contributed by atoms with van der Waals surface area (Å²) in [6.45, 7) is 24.7. The van der Waals surface area contributed by atoms with Crippen LogP contribution in [0.25, 0.3) is 21.5 Å². The quantitative estimate of drug-likeness (QED) is 0.251. The topological polar surface area (TPSA) is 0 Å². The van der Waals surface area contributed by atoms with Crippen LogP contribution >= 0.6 is 0 Å². The molecule has 1 aliphatic rings. The Morgan fingerprint density at radius 3 is 1.60 bits per heavy atom. The summed E-state index contributed by atoms with van der Waals surface area (Å²) in [5, 5.41) is 5.49. The molecule has 0 radical (unpaired) electrons. The number of halogens is 2. The van der Waals surface area contributed by atoms with Gasteiger partial charge in [-0.3, -0.25) is 6.08 Å². The maximum Gasteiger partial charge on any atom is -1.00 e. The van der Waals surface area contributed by atoms with E-state index in [0.29, 0.717) is 11.8 Å². The molecule has 3 heteroatoms.